The number of aliphatic hydroxyl groups is 1. The number of hydrogen-bond acceptors (Lipinski definition) is 3. The van der Waals surface area contributed by atoms with Gasteiger partial charge in [-0.1, -0.05) is 6.07 Å². The maximum absolute atomic E-state index is 13.1. The molecule has 0 aliphatic carbocycles. The fourth-order valence-electron chi connectivity index (χ4n) is 2.08. The van der Waals surface area contributed by atoms with Crippen molar-refractivity contribution in [3.05, 3.63) is 64.7 Å². The van der Waals surface area contributed by atoms with E-state index < -0.39 is 30.1 Å². The highest BCUT2D eigenvalue weighted by Gasteiger charge is 2.21. The third-order valence-electron chi connectivity index (χ3n) is 3.13. The van der Waals surface area contributed by atoms with E-state index in [1.165, 1.54) is 25.1 Å². The first-order chi connectivity index (χ1) is 10.8. The molecular formula is C16H12F4O3. The van der Waals surface area contributed by atoms with E-state index in [0.29, 0.717) is 6.07 Å². The van der Waals surface area contributed by atoms with Gasteiger partial charge in [0.05, 0.1) is 0 Å². The van der Waals surface area contributed by atoms with Gasteiger partial charge in [-0.25, -0.2) is 8.78 Å². The van der Waals surface area contributed by atoms with E-state index in [4.69, 9.17) is 0 Å². The van der Waals surface area contributed by atoms with Crippen molar-refractivity contribution in [3.63, 3.8) is 0 Å². The van der Waals surface area contributed by atoms with E-state index in [9.17, 15) is 27.5 Å². The molecule has 0 saturated carbocycles. The minimum Gasteiger partial charge on any atom is -0.435 e. The van der Waals surface area contributed by atoms with Gasteiger partial charge in [0.15, 0.2) is 5.78 Å². The van der Waals surface area contributed by atoms with E-state index >= 15 is 0 Å². The summed E-state index contributed by atoms with van der Waals surface area (Å²) in [7, 11) is 0. The Morgan fingerprint density at radius 1 is 1.09 bits per heavy atom. The van der Waals surface area contributed by atoms with Crippen LogP contribution in [0.4, 0.5) is 17.6 Å². The number of aryl methyl sites for hydroxylation is 1. The summed E-state index contributed by atoms with van der Waals surface area (Å²) in [4.78, 5) is 12.1. The molecule has 0 radical (unpaired) electrons. The predicted molar refractivity (Wildman–Crippen MR) is 73.5 cm³/mol. The van der Waals surface area contributed by atoms with Crippen LogP contribution < -0.4 is 4.74 Å². The summed E-state index contributed by atoms with van der Waals surface area (Å²) < 4.78 is 54.9. The number of hydrogen-bond donors (Lipinski definition) is 1. The summed E-state index contributed by atoms with van der Waals surface area (Å²) >= 11 is 0. The summed E-state index contributed by atoms with van der Waals surface area (Å²) in [6, 6.07) is 5.90. The zero-order valence-electron chi connectivity index (χ0n) is 11.9. The van der Waals surface area contributed by atoms with Crippen LogP contribution in [-0.4, -0.2) is 17.5 Å². The molecule has 122 valence electrons. The Bertz CT molecular complexity index is 711. The maximum atomic E-state index is 13.1. The topological polar surface area (TPSA) is 46.5 Å². The quantitative estimate of drug-likeness (QED) is 0.671. The van der Waals surface area contributed by atoms with Crippen molar-refractivity contribution in [2.24, 2.45) is 0 Å². The van der Waals surface area contributed by atoms with Crippen LogP contribution in [0.15, 0.2) is 36.4 Å². The Balaban J connectivity index is 2.27. The Morgan fingerprint density at radius 3 is 2.22 bits per heavy atom. The number of aliphatic hydroxyl groups excluding tert-OH is 1. The van der Waals surface area contributed by atoms with Gasteiger partial charge in [0.2, 0.25) is 0 Å². The SMILES string of the molecule is Cc1cc(C(O)C(=O)c2cc(F)cc(F)c2)ccc1OC(F)F. The van der Waals surface area contributed by atoms with Gasteiger partial charge in [0, 0.05) is 11.6 Å². The molecule has 23 heavy (non-hydrogen) atoms. The average Bonchev–Trinajstić information content (AvgIpc) is 2.46. The largest absolute Gasteiger partial charge is 0.435 e. The number of ether oxygens (including phenoxy) is 1. The number of carbonyl (C=O) groups is 1. The van der Waals surface area contributed by atoms with E-state index in [0.717, 1.165) is 12.1 Å². The molecule has 1 atom stereocenters. The van der Waals surface area contributed by atoms with Crippen molar-refractivity contribution in [2.45, 2.75) is 19.6 Å². The molecule has 1 N–H and O–H groups in total. The lowest BCUT2D eigenvalue weighted by Gasteiger charge is -2.13. The molecule has 2 aromatic carbocycles. The molecule has 0 saturated heterocycles. The lowest BCUT2D eigenvalue weighted by Crippen LogP contribution is -2.13. The van der Waals surface area contributed by atoms with Crippen LogP contribution in [0.5, 0.6) is 5.75 Å². The minimum atomic E-state index is -3.00. The molecule has 0 amide bonds. The van der Waals surface area contributed by atoms with Crippen LogP contribution in [-0.2, 0) is 0 Å². The highest BCUT2D eigenvalue weighted by atomic mass is 19.3. The molecule has 0 aromatic heterocycles. The van der Waals surface area contributed by atoms with E-state index in [1.54, 1.807) is 0 Å². The number of rotatable bonds is 5. The molecule has 2 aromatic rings. The van der Waals surface area contributed by atoms with Gasteiger partial charge >= 0.3 is 6.61 Å². The van der Waals surface area contributed by atoms with Crippen LogP contribution in [0, 0.1) is 18.6 Å². The van der Waals surface area contributed by atoms with Gasteiger partial charge < -0.3 is 9.84 Å². The third kappa shape index (κ3) is 4.07. The first kappa shape index (κ1) is 17.0. The lowest BCUT2D eigenvalue weighted by atomic mass is 9.98. The second-order valence-electron chi connectivity index (χ2n) is 4.83. The van der Waals surface area contributed by atoms with Gasteiger partial charge in [0.1, 0.15) is 23.5 Å². The van der Waals surface area contributed by atoms with Gasteiger partial charge in [0.25, 0.3) is 0 Å². The minimum absolute atomic E-state index is 0.0961. The van der Waals surface area contributed by atoms with Crippen LogP contribution in [0.1, 0.15) is 27.6 Å². The van der Waals surface area contributed by atoms with E-state index in [-0.39, 0.29) is 22.4 Å². The number of alkyl halides is 2. The standard InChI is InChI=1S/C16H12F4O3/c1-8-4-9(2-3-13(8)23-16(19)20)14(21)15(22)10-5-11(17)7-12(18)6-10/h2-7,14,16,21H,1H3. The van der Waals surface area contributed by atoms with Crippen LogP contribution in [0.25, 0.3) is 0 Å². The van der Waals surface area contributed by atoms with Crippen LogP contribution in [0.3, 0.4) is 0 Å². The van der Waals surface area contributed by atoms with Crippen LogP contribution >= 0.6 is 0 Å². The van der Waals surface area contributed by atoms with Crippen molar-refractivity contribution in [1.29, 1.82) is 0 Å². The fourth-order valence-corrected chi connectivity index (χ4v) is 2.08. The van der Waals surface area contributed by atoms with E-state index in [1.807, 2.05) is 0 Å². The second-order valence-corrected chi connectivity index (χ2v) is 4.83. The Labute approximate surface area is 129 Å². The normalized spacial score (nSPS) is 12.3. The average molecular weight is 328 g/mol. The third-order valence-corrected chi connectivity index (χ3v) is 3.13. The van der Waals surface area contributed by atoms with Gasteiger partial charge in [-0.05, 0) is 42.3 Å². The highest BCUT2D eigenvalue weighted by molar-refractivity contribution is 5.99. The monoisotopic (exact) mass is 328 g/mol. The number of Topliss-reactive ketones (excluding diaryl/α,β-unsaturated/α-hetero) is 1. The van der Waals surface area contributed by atoms with Gasteiger partial charge in [-0.2, -0.15) is 8.78 Å². The molecule has 0 aliphatic heterocycles. The number of benzene rings is 2. The Hall–Kier alpha value is -2.41. The van der Waals surface area contributed by atoms with Gasteiger partial charge in [-0.15, -0.1) is 0 Å². The molecule has 0 bridgehead atoms. The number of ketones is 1. The van der Waals surface area contributed by atoms with Crippen molar-refractivity contribution in [1.82, 2.24) is 0 Å². The summed E-state index contributed by atoms with van der Waals surface area (Å²) in [6.07, 6.45) is -1.68. The molecule has 1 unspecified atom stereocenters. The van der Waals surface area contributed by atoms with Gasteiger partial charge in [-0.3, -0.25) is 4.79 Å². The van der Waals surface area contributed by atoms with Crippen molar-refractivity contribution in [2.75, 3.05) is 0 Å². The molecule has 0 fully saturated rings. The molecule has 0 spiro atoms. The molecule has 3 nitrogen and oxygen atoms in total. The molecule has 0 aliphatic rings. The maximum Gasteiger partial charge on any atom is 0.387 e. The first-order valence-corrected chi connectivity index (χ1v) is 6.51. The second kappa shape index (κ2) is 6.78. The molecule has 0 heterocycles. The Morgan fingerprint density at radius 2 is 1.70 bits per heavy atom. The number of halogens is 4. The summed E-state index contributed by atoms with van der Waals surface area (Å²) in [5, 5.41) is 10.0. The van der Waals surface area contributed by atoms with Crippen molar-refractivity contribution < 1.29 is 32.2 Å². The summed E-state index contributed by atoms with van der Waals surface area (Å²) in [6.45, 7) is -1.54. The lowest BCUT2D eigenvalue weighted by molar-refractivity contribution is -0.0503. The van der Waals surface area contributed by atoms with Crippen molar-refractivity contribution >= 4 is 5.78 Å². The fraction of sp³-hybridized carbons (Fsp3) is 0.188. The van der Waals surface area contributed by atoms with Crippen molar-refractivity contribution in [3.8, 4) is 5.75 Å². The smallest absolute Gasteiger partial charge is 0.387 e. The zero-order valence-corrected chi connectivity index (χ0v) is 11.9. The molecule has 2 rings (SSSR count). The summed E-state index contributed by atoms with van der Waals surface area (Å²) in [5.41, 5.74) is 0.0411. The summed E-state index contributed by atoms with van der Waals surface area (Å²) in [5.74, 6) is -2.90. The first-order valence-electron chi connectivity index (χ1n) is 6.51. The molecular weight excluding hydrogens is 316 g/mol. The predicted octanol–water partition coefficient (Wildman–Crippen LogP) is 3.79. The Kier molecular flexibility index (Phi) is 5.00. The molecule has 7 heteroatoms. The van der Waals surface area contributed by atoms with Crippen LogP contribution in [0.2, 0.25) is 0 Å². The van der Waals surface area contributed by atoms with E-state index in [2.05, 4.69) is 4.74 Å². The highest BCUT2D eigenvalue weighted by Crippen LogP contribution is 2.26. The zero-order chi connectivity index (χ0) is 17.1. The number of carbonyl (C=O) groups excluding carboxylic acids is 1.